The summed E-state index contributed by atoms with van der Waals surface area (Å²) in [5.74, 6) is 2.40. The molecule has 2 aliphatic heterocycles. The molecule has 1 spiro atoms. The summed E-state index contributed by atoms with van der Waals surface area (Å²) >= 11 is 6.37. The Balaban J connectivity index is 1.28. The molecule has 3 aromatic rings. The highest BCUT2D eigenvalue weighted by Gasteiger charge is 2.42. The highest BCUT2D eigenvalue weighted by atomic mass is 35.5. The molecule has 0 amide bonds. The first-order valence-electron chi connectivity index (χ1n) is 11.6. The van der Waals surface area contributed by atoms with Crippen molar-refractivity contribution >= 4 is 11.6 Å². The molecule has 0 unspecified atom stereocenters. The molecular formula is C25H27ClN4O2. The highest BCUT2D eigenvalue weighted by molar-refractivity contribution is 6.30. The van der Waals surface area contributed by atoms with Crippen molar-refractivity contribution in [1.29, 1.82) is 0 Å². The number of halogens is 1. The molecule has 166 valence electrons. The van der Waals surface area contributed by atoms with Crippen molar-refractivity contribution in [1.82, 2.24) is 19.7 Å². The van der Waals surface area contributed by atoms with E-state index in [9.17, 15) is 0 Å². The van der Waals surface area contributed by atoms with Crippen molar-refractivity contribution in [2.24, 2.45) is 5.92 Å². The van der Waals surface area contributed by atoms with Gasteiger partial charge >= 0.3 is 0 Å². The van der Waals surface area contributed by atoms with Gasteiger partial charge in [-0.2, -0.15) is 0 Å². The predicted molar refractivity (Wildman–Crippen MR) is 121 cm³/mol. The molecule has 6 rings (SSSR count). The van der Waals surface area contributed by atoms with Gasteiger partial charge in [-0.1, -0.05) is 17.7 Å². The minimum atomic E-state index is -0.668. The second-order valence-corrected chi connectivity index (χ2v) is 9.72. The molecule has 0 atom stereocenters. The van der Waals surface area contributed by atoms with E-state index in [1.165, 1.54) is 18.5 Å². The summed E-state index contributed by atoms with van der Waals surface area (Å²) in [4.78, 5) is 4.52. The highest BCUT2D eigenvalue weighted by Crippen LogP contribution is 2.41. The Labute approximate surface area is 192 Å². The van der Waals surface area contributed by atoms with E-state index < -0.39 is 5.79 Å². The molecule has 4 heterocycles. The SMILES string of the molecule is Clc1ccc2c(c1)CC1(Cc3nnc([C@H]4CC[C@H](Cc5ccccn5)CC4)n3-2)OCCO1. The molecule has 6 nitrogen and oxygen atoms in total. The molecule has 2 aromatic heterocycles. The number of benzene rings is 1. The topological polar surface area (TPSA) is 62.1 Å². The lowest BCUT2D eigenvalue weighted by Gasteiger charge is -2.28. The van der Waals surface area contributed by atoms with Crippen molar-refractivity contribution in [3.63, 3.8) is 0 Å². The molecule has 2 fully saturated rings. The van der Waals surface area contributed by atoms with E-state index in [0.717, 1.165) is 47.2 Å². The maximum Gasteiger partial charge on any atom is 0.179 e. The lowest BCUT2D eigenvalue weighted by atomic mass is 9.79. The maximum absolute atomic E-state index is 6.37. The first kappa shape index (κ1) is 20.3. The van der Waals surface area contributed by atoms with Crippen LogP contribution in [0, 0.1) is 5.92 Å². The number of nitrogens with zero attached hydrogens (tertiary/aromatic N) is 4. The Kier molecular flexibility index (Phi) is 5.24. The third-order valence-electron chi connectivity index (χ3n) is 7.17. The van der Waals surface area contributed by atoms with Crippen LogP contribution in [0.4, 0.5) is 0 Å². The number of fused-ring (bicyclic) bond motifs is 3. The van der Waals surface area contributed by atoms with E-state index in [-0.39, 0.29) is 0 Å². The van der Waals surface area contributed by atoms with Gasteiger partial charge < -0.3 is 9.47 Å². The number of hydrogen-bond acceptors (Lipinski definition) is 5. The van der Waals surface area contributed by atoms with E-state index >= 15 is 0 Å². The third kappa shape index (κ3) is 3.74. The van der Waals surface area contributed by atoms with E-state index in [4.69, 9.17) is 26.2 Å². The van der Waals surface area contributed by atoms with E-state index in [1.54, 1.807) is 0 Å². The van der Waals surface area contributed by atoms with Crippen molar-refractivity contribution < 1.29 is 9.47 Å². The quantitative estimate of drug-likeness (QED) is 0.580. The minimum Gasteiger partial charge on any atom is -0.347 e. The largest absolute Gasteiger partial charge is 0.347 e. The van der Waals surface area contributed by atoms with Crippen LogP contribution in [-0.2, 0) is 28.7 Å². The van der Waals surface area contributed by atoms with Gasteiger partial charge in [0.1, 0.15) is 11.6 Å². The van der Waals surface area contributed by atoms with Gasteiger partial charge in [-0.15, -0.1) is 10.2 Å². The molecular weight excluding hydrogens is 424 g/mol. The molecule has 7 heteroatoms. The van der Waals surface area contributed by atoms with Crippen molar-refractivity contribution in [3.05, 3.63) is 70.5 Å². The van der Waals surface area contributed by atoms with Gasteiger partial charge in [-0.25, -0.2) is 0 Å². The zero-order valence-corrected chi connectivity index (χ0v) is 18.8. The smallest absolute Gasteiger partial charge is 0.179 e. The van der Waals surface area contributed by atoms with Gasteiger partial charge in [0.15, 0.2) is 5.79 Å². The molecule has 1 saturated carbocycles. The summed E-state index contributed by atoms with van der Waals surface area (Å²) in [6.07, 6.45) is 8.84. The Bertz CT molecular complexity index is 1100. The zero-order valence-electron chi connectivity index (χ0n) is 18.0. The normalized spacial score (nSPS) is 24.2. The molecule has 3 aliphatic rings. The van der Waals surface area contributed by atoms with E-state index in [2.05, 4.69) is 32.8 Å². The molecule has 32 heavy (non-hydrogen) atoms. The van der Waals surface area contributed by atoms with Crippen LogP contribution in [0.15, 0.2) is 42.6 Å². The van der Waals surface area contributed by atoms with Crippen molar-refractivity contribution in [3.8, 4) is 5.69 Å². The van der Waals surface area contributed by atoms with Crippen molar-refractivity contribution in [2.45, 2.75) is 56.7 Å². The Morgan fingerprint density at radius 1 is 1.00 bits per heavy atom. The van der Waals surface area contributed by atoms with Crippen LogP contribution in [0.25, 0.3) is 5.69 Å². The second kappa shape index (κ2) is 8.25. The summed E-state index contributed by atoms with van der Waals surface area (Å²) in [5, 5.41) is 10.1. The third-order valence-corrected chi connectivity index (χ3v) is 7.41. The summed E-state index contributed by atoms with van der Waals surface area (Å²) in [5.41, 5.74) is 3.43. The van der Waals surface area contributed by atoms with E-state index in [0.29, 0.717) is 37.9 Å². The summed E-state index contributed by atoms with van der Waals surface area (Å²) in [6, 6.07) is 12.3. The Hall–Kier alpha value is -2.28. The average Bonchev–Trinajstić information content (AvgIpc) is 3.40. The molecule has 1 aliphatic carbocycles. The lowest BCUT2D eigenvalue weighted by Crippen LogP contribution is -2.35. The van der Waals surface area contributed by atoms with Gasteiger partial charge in [-0.3, -0.25) is 9.55 Å². The maximum atomic E-state index is 6.37. The first-order chi connectivity index (χ1) is 15.7. The Morgan fingerprint density at radius 2 is 1.84 bits per heavy atom. The van der Waals surface area contributed by atoms with Gasteiger partial charge in [0.25, 0.3) is 0 Å². The van der Waals surface area contributed by atoms with Crippen LogP contribution >= 0.6 is 11.6 Å². The van der Waals surface area contributed by atoms with Gasteiger partial charge in [0, 0.05) is 29.3 Å². The van der Waals surface area contributed by atoms with Crippen LogP contribution < -0.4 is 0 Å². The van der Waals surface area contributed by atoms with Crippen molar-refractivity contribution in [2.75, 3.05) is 13.2 Å². The standard InChI is InChI=1S/C25H27ClN4O2/c26-20-8-9-22-19(14-20)15-25(31-11-12-32-25)16-23-28-29-24(30(22)23)18-6-4-17(5-7-18)13-21-3-1-2-10-27-21/h1-3,8-10,14,17-18H,4-7,11-13,15-16H2/t17-,18-. The fourth-order valence-electron chi connectivity index (χ4n) is 5.62. The van der Waals surface area contributed by atoms with Gasteiger partial charge in [-0.05, 0) is 73.9 Å². The number of rotatable bonds is 3. The van der Waals surface area contributed by atoms with Gasteiger partial charge in [0.05, 0.1) is 25.3 Å². The summed E-state index contributed by atoms with van der Waals surface area (Å²) in [7, 11) is 0. The predicted octanol–water partition coefficient (Wildman–Crippen LogP) is 4.67. The number of hydrogen-bond donors (Lipinski definition) is 0. The number of pyridine rings is 1. The Morgan fingerprint density at radius 3 is 2.62 bits per heavy atom. The molecule has 0 N–H and O–H groups in total. The average molecular weight is 451 g/mol. The second-order valence-electron chi connectivity index (χ2n) is 9.29. The monoisotopic (exact) mass is 450 g/mol. The fraction of sp³-hybridized carbons (Fsp3) is 0.480. The number of aromatic nitrogens is 4. The molecule has 0 bridgehead atoms. The van der Waals surface area contributed by atoms with Crippen LogP contribution in [0.2, 0.25) is 5.02 Å². The van der Waals surface area contributed by atoms with Crippen LogP contribution in [0.3, 0.4) is 0 Å². The fourth-order valence-corrected chi connectivity index (χ4v) is 5.81. The molecule has 0 radical (unpaired) electrons. The molecule has 1 aromatic carbocycles. The first-order valence-corrected chi connectivity index (χ1v) is 12.0. The lowest BCUT2D eigenvalue weighted by molar-refractivity contribution is -0.155. The summed E-state index contributed by atoms with van der Waals surface area (Å²) < 4.78 is 14.4. The summed E-state index contributed by atoms with van der Waals surface area (Å²) in [6.45, 7) is 1.22. The van der Waals surface area contributed by atoms with Crippen LogP contribution in [0.1, 0.15) is 54.5 Å². The van der Waals surface area contributed by atoms with Gasteiger partial charge in [0.2, 0.25) is 0 Å². The zero-order chi connectivity index (χ0) is 21.5. The minimum absolute atomic E-state index is 0.402. The van der Waals surface area contributed by atoms with Crippen LogP contribution in [-0.4, -0.2) is 38.7 Å². The molecule has 1 saturated heterocycles. The van der Waals surface area contributed by atoms with E-state index in [1.807, 2.05) is 24.4 Å². The number of ether oxygens (including phenoxy) is 2. The van der Waals surface area contributed by atoms with Crippen LogP contribution in [0.5, 0.6) is 0 Å².